The van der Waals surface area contributed by atoms with Crippen LogP contribution in [0.3, 0.4) is 0 Å². The van der Waals surface area contributed by atoms with Crippen molar-refractivity contribution in [3.8, 4) is 5.75 Å². The molecule has 0 bridgehead atoms. The molecule has 0 spiro atoms. The van der Waals surface area contributed by atoms with Crippen LogP contribution in [0.15, 0.2) is 42.6 Å². The van der Waals surface area contributed by atoms with Gasteiger partial charge in [0, 0.05) is 29.9 Å². The molecule has 0 unspecified atom stereocenters. The van der Waals surface area contributed by atoms with Gasteiger partial charge in [-0.25, -0.2) is 0 Å². The van der Waals surface area contributed by atoms with Gasteiger partial charge in [0.15, 0.2) is 0 Å². The van der Waals surface area contributed by atoms with Gasteiger partial charge in [0.1, 0.15) is 11.4 Å². The van der Waals surface area contributed by atoms with E-state index in [9.17, 15) is 9.59 Å². The first kappa shape index (κ1) is 20.5. The summed E-state index contributed by atoms with van der Waals surface area (Å²) in [5, 5.41) is 3.40. The lowest BCUT2D eigenvalue weighted by atomic mass is 9.94. The Kier molecular flexibility index (Phi) is 6.43. The summed E-state index contributed by atoms with van der Waals surface area (Å²) in [7, 11) is 1.55. The molecule has 2 aromatic rings. The summed E-state index contributed by atoms with van der Waals surface area (Å²) < 4.78 is 5.39. The van der Waals surface area contributed by atoms with Crippen molar-refractivity contribution >= 4 is 11.7 Å². The quantitative estimate of drug-likeness (QED) is 0.680. The molecule has 30 heavy (non-hydrogen) atoms. The minimum atomic E-state index is -0.212. The molecule has 1 saturated heterocycles. The van der Waals surface area contributed by atoms with Crippen LogP contribution < -0.4 is 10.1 Å². The van der Waals surface area contributed by atoms with E-state index in [2.05, 4.69) is 10.3 Å². The Bertz CT molecular complexity index is 890. The number of aromatic nitrogens is 1. The first-order valence-electron chi connectivity index (χ1n) is 10.8. The lowest BCUT2D eigenvalue weighted by molar-refractivity contribution is 0.0729. The van der Waals surface area contributed by atoms with E-state index in [1.54, 1.807) is 49.7 Å². The molecule has 6 nitrogen and oxygen atoms in total. The van der Waals surface area contributed by atoms with Gasteiger partial charge in [-0.05, 0) is 81.4 Å². The molecule has 4 rings (SSSR count). The Morgan fingerprint density at radius 1 is 1.10 bits per heavy atom. The number of methoxy groups -OCH3 is 1. The Labute approximate surface area is 177 Å². The molecule has 2 heterocycles. The van der Waals surface area contributed by atoms with Gasteiger partial charge in [0.2, 0.25) is 5.78 Å². The maximum absolute atomic E-state index is 13.4. The number of amides is 1. The SMILES string of the molecule is COc1cc(C(=O)c2ccccn2)cc(C(=O)N(CCC2CCNCC2)C2CC2)c1. The normalized spacial score (nSPS) is 16.8. The van der Waals surface area contributed by atoms with Gasteiger partial charge in [0.05, 0.1) is 7.11 Å². The van der Waals surface area contributed by atoms with E-state index in [0.717, 1.165) is 38.9 Å². The fourth-order valence-electron chi connectivity index (χ4n) is 4.11. The molecular weight excluding hydrogens is 378 g/mol. The highest BCUT2D eigenvalue weighted by Gasteiger charge is 2.33. The molecule has 6 heteroatoms. The number of hydrogen-bond donors (Lipinski definition) is 1. The highest BCUT2D eigenvalue weighted by atomic mass is 16.5. The topological polar surface area (TPSA) is 71.5 Å². The number of pyridine rings is 1. The average Bonchev–Trinajstić information content (AvgIpc) is 3.65. The third-order valence-electron chi connectivity index (χ3n) is 6.03. The molecular formula is C24H29N3O3. The van der Waals surface area contributed by atoms with Crippen LogP contribution in [0.2, 0.25) is 0 Å². The number of benzene rings is 1. The van der Waals surface area contributed by atoms with Crippen molar-refractivity contribution in [2.24, 2.45) is 5.92 Å². The maximum atomic E-state index is 13.4. The van der Waals surface area contributed by atoms with Crippen LogP contribution >= 0.6 is 0 Å². The van der Waals surface area contributed by atoms with Crippen LogP contribution in [0, 0.1) is 5.92 Å². The maximum Gasteiger partial charge on any atom is 0.254 e. The molecule has 158 valence electrons. The lowest BCUT2D eigenvalue weighted by Crippen LogP contribution is -2.36. The van der Waals surface area contributed by atoms with Gasteiger partial charge in [0.25, 0.3) is 5.91 Å². The minimum Gasteiger partial charge on any atom is -0.497 e. The van der Waals surface area contributed by atoms with Crippen LogP contribution in [0.5, 0.6) is 5.75 Å². The minimum absolute atomic E-state index is 0.0135. The molecule has 2 fully saturated rings. The molecule has 1 saturated carbocycles. The zero-order valence-electron chi connectivity index (χ0n) is 17.5. The summed E-state index contributed by atoms with van der Waals surface area (Å²) in [5.74, 6) is 0.956. The van der Waals surface area contributed by atoms with Gasteiger partial charge < -0.3 is 15.0 Å². The zero-order valence-corrected chi connectivity index (χ0v) is 17.5. The molecule has 1 N–H and O–H groups in total. The first-order chi connectivity index (χ1) is 14.7. The number of carbonyl (C=O) groups is 2. The summed E-state index contributed by atoms with van der Waals surface area (Å²) in [6, 6.07) is 10.6. The molecule has 1 aromatic carbocycles. The van der Waals surface area contributed by atoms with E-state index in [-0.39, 0.29) is 11.7 Å². The van der Waals surface area contributed by atoms with Crippen LogP contribution in [-0.2, 0) is 0 Å². The summed E-state index contributed by atoms with van der Waals surface area (Å²) in [6.45, 7) is 2.91. The molecule has 1 aliphatic carbocycles. The number of nitrogens with one attached hydrogen (secondary N) is 1. The molecule has 2 aliphatic rings. The van der Waals surface area contributed by atoms with Gasteiger partial charge in [-0.15, -0.1) is 0 Å². The number of rotatable bonds is 8. The number of ketones is 1. The first-order valence-corrected chi connectivity index (χ1v) is 10.8. The number of nitrogens with zero attached hydrogens (tertiary/aromatic N) is 2. The number of carbonyl (C=O) groups excluding carboxylic acids is 2. The Hall–Kier alpha value is -2.73. The van der Waals surface area contributed by atoms with Crippen LogP contribution in [0.25, 0.3) is 0 Å². The number of ether oxygens (including phenoxy) is 1. The smallest absolute Gasteiger partial charge is 0.254 e. The van der Waals surface area contributed by atoms with E-state index in [4.69, 9.17) is 4.74 Å². The fourth-order valence-corrected chi connectivity index (χ4v) is 4.11. The second-order valence-electron chi connectivity index (χ2n) is 8.21. The van der Waals surface area contributed by atoms with E-state index >= 15 is 0 Å². The Morgan fingerprint density at radius 2 is 1.87 bits per heavy atom. The van der Waals surface area contributed by atoms with Crippen LogP contribution in [0.4, 0.5) is 0 Å². The fraction of sp³-hybridized carbons (Fsp3) is 0.458. The van der Waals surface area contributed by atoms with Crippen molar-refractivity contribution in [2.75, 3.05) is 26.7 Å². The summed E-state index contributed by atoms with van der Waals surface area (Å²) in [5.41, 5.74) is 1.28. The van der Waals surface area contributed by atoms with Crippen molar-refractivity contribution in [1.29, 1.82) is 0 Å². The van der Waals surface area contributed by atoms with Crippen molar-refractivity contribution in [3.63, 3.8) is 0 Å². The van der Waals surface area contributed by atoms with Crippen molar-refractivity contribution < 1.29 is 14.3 Å². The average molecular weight is 408 g/mol. The lowest BCUT2D eigenvalue weighted by Gasteiger charge is -2.28. The summed E-state index contributed by atoms with van der Waals surface area (Å²) >= 11 is 0. The van der Waals surface area contributed by atoms with E-state index in [0.29, 0.717) is 34.5 Å². The number of piperidine rings is 1. The molecule has 1 amide bonds. The summed E-state index contributed by atoms with van der Waals surface area (Å²) in [6.07, 6.45) is 7.09. The second kappa shape index (κ2) is 9.39. The summed E-state index contributed by atoms with van der Waals surface area (Å²) in [4.78, 5) is 32.5. The van der Waals surface area contributed by atoms with Crippen molar-refractivity contribution in [1.82, 2.24) is 15.2 Å². The molecule has 1 aromatic heterocycles. The van der Waals surface area contributed by atoms with Crippen molar-refractivity contribution in [2.45, 2.75) is 38.1 Å². The predicted octanol–water partition coefficient (Wildman–Crippen LogP) is 3.32. The van der Waals surface area contributed by atoms with Crippen molar-refractivity contribution in [3.05, 3.63) is 59.4 Å². The van der Waals surface area contributed by atoms with Crippen LogP contribution in [0.1, 0.15) is 58.5 Å². The van der Waals surface area contributed by atoms with Crippen LogP contribution in [-0.4, -0.2) is 54.4 Å². The highest BCUT2D eigenvalue weighted by molar-refractivity contribution is 6.09. The zero-order chi connectivity index (χ0) is 20.9. The van der Waals surface area contributed by atoms with E-state index in [1.165, 1.54) is 12.8 Å². The molecule has 0 atom stereocenters. The second-order valence-corrected chi connectivity index (χ2v) is 8.21. The molecule has 1 aliphatic heterocycles. The van der Waals surface area contributed by atoms with Gasteiger partial charge >= 0.3 is 0 Å². The van der Waals surface area contributed by atoms with Gasteiger partial charge in [-0.2, -0.15) is 0 Å². The third-order valence-corrected chi connectivity index (χ3v) is 6.03. The van der Waals surface area contributed by atoms with Gasteiger partial charge in [-0.3, -0.25) is 14.6 Å². The molecule has 0 radical (unpaired) electrons. The highest BCUT2D eigenvalue weighted by Crippen LogP contribution is 2.31. The largest absolute Gasteiger partial charge is 0.497 e. The van der Waals surface area contributed by atoms with E-state index < -0.39 is 0 Å². The number of hydrogen-bond acceptors (Lipinski definition) is 5. The monoisotopic (exact) mass is 407 g/mol. The Morgan fingerprint density at radius 3 is 2.53 bits per heavy atom. The van der Waals surface area contributed by atoms with Gasteiger partial charge in [-0.1, -0.05) is 6.07 Å². The van der Waals surface area contributed by atoms with E-state index in [1.807, 2.05) is 4.90 Å². The Balaban J connectivity index is 1.54. The standard InChI is InChI=1S/C24H29N3O3/c1-30-21-15-18(23(28)22-4-2-3-10-26-22)14-19(16-21)24(29)27(20-5-6-20)13-9-17-7-11-25-12-8-17/h2-4,10,14-17,20,25H,5-9,11-13H2,1H3. The third kappa shape index (κ3) is 4.87. The predicted molar refractivity (Wildman–Crippen MR) is 115 cm³/mol.